The number of carbonyl (C=O) groups excluding carboxylic acids is 1. The van der Waals surface area contributed by atoms with Gasteiger partial charge in [0.1, 0.15) is 11.7 Å². The highest BCUT2D eigenvalue weighted by atomic mass is 32.1. The maximum absolute atomic E-state index is 12.3. The molecule has 0 aliphatic carbocycles. The Bertz CT molecular complexity index is 701. The Balaban J connectivity index is 1.63. The third kappa shape index (κ3) is 4.04. The Morgan fingerprint density at radius 1 is 1.57 bits per heavy atom. The molecule has 1 fully saturated rings. The summed E-state index contributed by atoms with van der Waals surface area (Å²) in [5.41, 5.74) is 2.29. The first-order valence-corrected chi connectivity index (χ1v) is 8.23. The fraction of sp³-hybridized carbons (Fsp3) is 0.400. The number of hydrogen-bond donors (Lipinski definition) is 2. The number of aromatic amines is 1. The molecular weight excluding hydrogens is 318 g/mol. The van der Waals surface area contributed by atoms with Crippen LogP contribution in [-0.4, -0.2) is 41.2 Å². The van der Waals surface area contributed by atoms with Crippen LogP contribution in [0.5, 0.6) is 0 Å². The highest BCUT2D eigenvalue weighted by Crippen LogP contribution is 2.14. The molecule has 23 heavy (non-hydrogen) atoms. The first-order chi connectivity index (χ1) is 11.2. The summed E-state index contributed by atoms with van der Waals surface area (Å²) in [4.78, 5) is 30.6. The van der Waals surface area contributed by atoms with Crippen LogP contribution in [-0.2, 0) is 16.1 Å². The molecule has 1 aliphatic rings. The zero-order chi connectivity index (χ0) is 16.1. The zero-order valence-electron chi connectivity index (χ0n) is 12.4. The summed E-state index contributed by atoms with van der Waals surface area (Å²) in [6.45, 7) is 1.32. The molecular formula is C15H17N3O4S. The van der Waals surface area contributed by atoms with Gasteiger partial charge in [-0.15, -0.1) is 11.3 Å². The standard InChI is InChI=1S/C15H17N3O4S/c19-14-11(2-1-4-16-14)15(20)18-12-3-5-21-7-13(12)22-6-10-8-23-9-17-10/h1-2,4,8-9,12-13H,3,5-7H2,(H,16,19)(H,18,20)/t12-,13-/m1/s1. The second-order valence-electron chi connectivity index (χ2n) is 5.19. The van der Waals surface area contributed by atoms with Crippen molar-refractivity contribution in [2.75, 3.05) is 13.2 Å². The molecule has 1 amide bonds. The predicted octanol–water partition coefficient (Wildman–Crippen LogP) is 0.935. The number of H-pyrrole nitrogens is 1. The third-order valence-corrected chi connectivity index (χ3v) is 4.25. The van der Waals surface area contributed by atoms with Gasteiger partial charge in [-0.3, -0.25) is 9.59 Å². The van der Waals surface area contributed by atoms with Crippen LogP contribution in [0.2, 0.25) is 0 Å². The lowest BCUT2D eigenvalue weighted by atomic mass is 10.1. The van der Waals surface area contributed by atoms with Gasteiger partial charge in [0.25, 0.3) is 11.5 Å². The van der Waals surface area contributed by atoms with E-state index in [0.29, 0.717) is 26.2 Å². The maximum Gasteiger partial charge on any atom is 0.260 e. The van der Waals surface area contributed by atoms with Crippen LogP contribution in [0.15, 0.2) is 34.0 Å². The number of nitrogens with one attached hydrogen (secondary N) is 2. The van der Waals surface area contributed by atoms with Crippen molar-refractivity contribution >= 4 is 17.2 Å². The van der Waals surface area contributed by atoms with Gasteiger partial charge in [0.15, 0.2) is 0 Å². The minimum Gasteiger partial charge on any atom is -0.379 e. The van der Waals surface area contributed by atoms with E-state index in [4.69, 9.17) is 9.47 Å². The second kappa shape index (κ2) is 7.49. The van der Waals surface area contributed by atoms with E-state index in [9.17, 15) is 9.59 Å². The Morgan fingerprint density at radius 3 is 3.26 bits per heavy atom. The van der Waals surface area contributed by atoms with Gasteiger partial charge in [-0.25, -0.2) is 4.98 Å². The summed E-state index contributed by atoms with van der Waals surface area (Å²) in [6, 6.07) is 2.92. The molecule has 0 bridgehead atoms. The number of hydrogen-bond acceptors (Lipinski definition) is 6. The van der Waals surface area contributed by atoms with Crippen molar-refractivity contribution in [3.8, 4) is 0 Å². The predicted molar refractivity (Wildman–Crippen MR) is 84.4 cm³/mol. The van der Waals surface area contributed by atoms with Gasteiger partial charge in [-0.05, 0) is 18.6 Å². The van der Waals surface area contributed by atoms with E-state index in [2.05, 4.69) is 15.3 Å². The van der Waals surface area contributed by atoms with Crippen molar-refractivity contribution < 1.29 is 14.3 Å². The number of pyridine rings is 1. The molecule has 2 N–H and O–H groups in total. The minimum absolute atomic E-state index is 0.0947. The molecule has 0 spiro atoms. The van der Waals surface area contributed by atoms with E-state index >= 15 is 0 Å². The van der Waals surface area contributed by atoms with Crippen LogP contribution in [0.1, 0.15) is 22.5 Å². The molecule has 0 aromatic carbocycles. The molecule has 8 heteroatoms. The molecule has 2 aromatic heterocycles. The highest BCUT2D eigenvalue weighted by Gasteiger charge is 2.29. The topological polar surface area (TPSA) is 93.3 Å². The van der Waals surface area contributed by atoms with Gasteiger partial charge in [-0.1, -0.05) is 0 Å². The van der Waals surface area contributed by atoms with Gasteiger partial charge >= 0.3 is 0 Å². The van der Waals surface area contributed by atoms with Crippen molar-refractivity contribution in [3.05, 3.63) is 50.8 Å². The molecule has 1 aliphatic heterocycles. The summed E-state index contributed by atoms with van der Waals surface area (Å²) >= 11 is 1.51. The molecule has 3 heterocycles. The van der Waals surface area contributed by atoms with Crippen LogP contribution >= 0.6 is 11.3 Å². The number of carbonyl (C=O) groups is 1. The summed E-state index contributed by atoms with van der Waals surface area (Å²) in [5.74, 6) is -0.402. The number of amides is 1. The Labute approximate surface area is 136 Å². The van der Waals surface area contributed by atoms with Crippen molar-refractivity contribution in [2.45, 2.75) is 25.2 Å². The van der Waals surface area contributed by atoms with E-state index in [1.165, 1.54) is 23.6 Å². The zero-order valence-corrected chi connectivity index (χ0v) is 13.2. The molecule has 1 saturated heterocycles. The number of nitrogens with zero attached hydrogens (tertiary/aromatic N) is 1. The summed E-state index contributed by atoms with van der Waals surface area (Å²) in [5, 5.41) is 4.79. The van der Waals surface area contributed by atoms with Crippen LogP contribution < -0.4 is 10.9 Å². The molecule has 0 unspecified atom stereocenters. The summed E-state index contributed by atoms with van der Waals surface area (Å²) in [7, 11) is 0. The summed E-state index contributed by atoms with van der Waals surface area (Å²) in [6.07, 6.45) is 1.86. The first kappa shape index (κ1) is 15.9. The lowest BCUT2D eigenvalue weighted by Gasteiger charge is -2.31. The first-order valence-electron chi connectivity index (χ1n) is 7.29. The smallest absolute Gasteiger partial charge is 0.260 e. The average molecular weight is 335 g/mol. The van der Waals surface area contributed by atoms with Crippen LogP contribution in [0, 0.1) is 0 Å². The van der Waals surface area contributed by atoms with E-state index in [1.807, 2.05) is 5.38 Å². The Hall–Kier alpha value is -2.03. The van der Waals surface area contributed by atoms with Crippen molar-refractivity contribution in [1.29, 1.82) is 0 Å². The third-order valence-electron chi connectivity index (χ3n) is 3.61. The van der Waals surface area contributed by atoms with E-state index in [1.54, 1.807) is 11.6 Å². The molecule has 122 valence electrons. The Morgan fingerprint density at radius 2 is 2.48 bits per heavy atom. The molecule has 0 radical (unpaired) electrons. The molecule has 2 atom stereocenters. The number of aromatic nitrogens is 2. The van der Waals surface area contributed by atoms with Gasteiger partial charge in [0, 0.05) is 18.2 Å². The fourth-order valence-corrected chi connectivity index (χ4v) is 2.93. The molecule has 0 saturated carbocycles. The quantitative estimate of drug-likeness (QED) is 0.848. The van der Waals surface area contributed by atoms with E-state index in [0.717, 1.165) is 5.69 Å². The van der Waals surface area contributed by atoms with Crippen LogP contribution in [0.3, 0.4) is 0 Å². The SMILES string of the molecule is O=C(N[C@@H]1CCOC[C@H]1OCc1cscn1)c1ccc[nH]c1=O. The molecule has 3 rings (SSSR count). The van der Waals surface area contributed by atoms with Crippen molar-refractivity contribution in [2.24, 2.45) is 0 Å². The Kier molecular flexibility index (Phi) is 5.16. The second-order valence-corrected chi connectivity index (χ2v) is 5.90. The minimum atomic E-state index is -0.406. The number of ether oxygens (including phenoxy) is 2. The van der Waals surface area contributed by atoms with Gasteiger partial charge in [-0.2, -0.15) is 0 Å². The van der Waals surface area contributed by atoms with Gasteiger partial charge in [0.2, 0.25) is 0 Å². The molecule has 7 nitrogen and oxygen atoms in total. The van der Waals surface area contributed by atoms with Gasteiger partial charge < -0.3 is 19.8 Å². The van der Waals surface area contributed by atoms with Crippen LogP contribution in [0.4, 0.5) is 0 Å². The fourth-order valence-electron chi connectivity index (χ4n) is 2.39. The lowest BCUT2D eigenvalue weighted by molar-refractivity contribution is -0.0742. The average Bonchev–Trinajstić information content (AvgIpc) is 3.08. The largest absolute Gasteiger partial charge is 0.379 e. The van der Waals surface area contributed by atoms with Gasteiger partial charge in [0.05, 0.1) is 30.5 Å². The summed E-state index contributed by atoms with van der Waals surface area (Å²) < 4.78 is 11.3. The maximum atomic E-state index is 12.3. The van der Waals surface area contributed by atoms with E-state index in [-0.39, 0.29) is 17.7 Å². The normalized spacial score (nSPS) is 21.0. The lowest BCUT2D eigenvalue weighted by Crippen LogP contribution is -2.50. The number of rotatable bonds is 5. The number of thiazole rings is 1. The van der Waals surface area contributed by atoms with E-state index < -0.39 is 11.5 Å². The highest BCUT2D eigenvalue weighted by molar-refractivity contribution is 7.07. The van der Waals surface area contributed by atoms with Crippen LogP contribution in [0.25, 0.3) is 0 Å². The van der Waals surface area contributed by atoms with Crippen molar-refractivity contribution in [3.63, 3.8) is 0 Å². The molecule has 2 aromatic rings. The van der Waals surface area contributed by atoms with Crippen molar-refractivity contribution in [1.82, 2.24) is 15.3 Å². The monoisotopic (exact) mass is 335 g/mol.